The molecule has 6 nitrogen and oxygen atoms in total. The molecule has 2 N–H and O–H groups in total. The Morgan fingerprint density at radius 3 is 1.67 bits per heavy atom. The lowest BCUT2D eigenvalue weighted by Crippen LogP contribution is -2.46. The number of aliphatic hydroxyl groups excluding tert-OH is 2. The van der Waals surface area contributed by atoms with Crippen molar-refractivity contribution < 1.29 is 19.8 Å². The molecule has 0 spiro atoms. The molecule has 15 heavy (non-hydrogen) atoms. The molecule has 2 unspecified atom stereocenters. The van der Waals surface area contributed by atoms with E-state index in [1.165, 1.54) is 9.80 Å². The third kappa shape index (κ3) is 1.82. The van der Waals surface area contributed by atoms with Gasteiger partial charge in [0.15, 0.2) is 0 Å². The molecule has 0 aliphatic carbocycles. The fourth-order valence-corrected chi connectivity index (χ4v) is 1.95. The van der Waals surface area contributed by atoms with E-state index < -0.39 is 12.5 Å². The monoisotopic (exact) mass is 214 g/mol. The van der Waals surface area contributed by atoms with Gasteiger partial charge in [-0.2, -0.15) is 0 Å². The highest BCUT2D eigenvalue weighted by Crippen LogP contribution is 2.21. The minimum absolute atomic E-state index is 0. The Morgan fingerprint density at radius 2 is 1.40 bits per heavy atom. The van der Waals surface area contributed by atoms with Crippen LogP contribution in [0.1, 0.15) is 25.7 Å². The number of aliphatic hydroxyl groups is 2. The number of nitrogens with zero attached hydrogens (tertiary/aromatic N) is 2. The molecule has 6 heteroatoms. The minimum Gasteiger partial charge on any atom is -0.373 e. The molecular weight excluding hydrogens is 200 g/mol. The lowest BCUT2D eigenvalue weighted by atomic mass is 10.4. The summed E-state index contributed by atoms with van der Waals surface area (Å²) in [5.41, 5.74) is 0. The summed E-state index contributed by atoms with van der Waals surface area (Å²) < 4.78 is 0. The number of carbonyl (C=O) groups is 2. The Kier molecular flexibility index (Phi) is 2.62. The van der Waals surface area contributed by atoms with E-state index >= 15 is 0 Å². The zero-order chi connectivity index (χ0) is 11.0. The number of carbonyl (C=O) groups excluding carboxylic acids is 2. The number of likely N-dealkylation sites (tertiary alicyclic amines) is 2. The van der Waals surface area contributed by atoms with E-state index in [9.17, 15) is 19.8 Å². The minimum atomic E-state index is -0.821. The molecular formula is C9H14N2O4. The van der Waals surface area contributed by atoms with E-state index in [1.807, 2.05) is 0 Å². The second-order valence-electron chi connectivity index (χ2n) is 3.91. The summed E-state index contributed by atoms with van der Waals surface area (Å²) in [6.45, 7) is 0. The van der Waals surface area contributed by atoms with Crippen molar-refractivity contribution >= 4 is 11.8 Å². The highest BCUT2D eigenvalue weighted by atomic mass is 16.3. The van der Waals surface area contributed by atoms with Gasteiger partial charge in [-0.25, -0.2) is 0 Å². The van der Waals surface area contributed by atoms with Crippen molar-refractivity contribution in [2.75, 3.05) is 6.67 Å². The molecule has 0 aromatic rings. The molecule has 2 amide bonds. The summed E-state index contributed by atoms with van der Waals surface area (Å²) in [7, 11) is 0. The first-order chi connectivity index (χ1) is 7.09. The first-order valence-corrected chi connectivity index (χ1v) is 5.04. The van der Waals surface area contributed by atoms with Gasteiger partial charge < -0.3 is 10.2 Å². The number of hydrogen-bond donors (Lipinski definition) is 2. The molecule has 2 heterocycles. The van der Waals surface area contributed by atoms with Crippen LogP contribution >= 0.6 is 0 Å². The molecule has 0 bridgehead atoms. The Bertz CT molecular complexity index is 266. The quantitative estimate of drug-likeness (QED) is 0.606. The predicted molar refractivity (Wildman–Crippen MR) is 49.0 cm³/mol. The Hall–Kier alpha value is -1.14. The van der Waals surface area contributed by atoms with E-state index in [1.54, 1.807) is 0 Å². The first kappa shape index (κ1) is 10.4. The van der Waals surface area contributed by atoms with Crippen molar-refractivity contribution in [3.05, 3.63) is 0 Å². The van der Waals surface area contributed by atoms with E-state index in [2.05, 4.69) is 0 Å². The predicted octanol–water partition coefficient (Wildman–Crippen LogP) is -1.17. The van der Waals surface area contributed by atoms with Crippen molar-refractivity contribution in [1.82, 2.24) is 9.80 Å². The van der Waals surface area contributed by atoms with Crippen molar-refractivity contribution in [1.29, 1.82) is 0 Å². The van der Waals surface area contributed by atoms with Crippen LogP contribution in [0.5, 0.6) is 0 Å². The fourth-order valence-electron chi connectivity index (χ4n) is 1.95. The van der Waals surface area contributed by atoms with E-state index in [0.717, 1.165) is 0 Å². The van der Waals surface area contributed by atoms with Crippen LogP contribution in [0.15, 0.2) is 0 Å². The van der Waals surface area contributed by atoms with Crippen molar-refractivity contribution in [3.8, 4) is 0 Å². The van der Waals surface area contributed by atoms with Crippen LogP contribution in [0, 0.1) is 0 Å². The Balaban J connectivity index is 2.01. The highest BCUT2D eigenvalue weighted by Gasteiger charge is 2.36. The summed E-state index contributed by atoms with van der Waals surface area (Å²) in [5, 5.41) is 19.0. The van der Waals surface area contributed by atoms with Gasteiger partial charge in [0.2, 0.25) is 11.8 Å². The maximum absolute atomic E-state index is 11.3. The Morgan fingerprint density at radius 1 is 1.00 bits per heavy atom. The lowest BCUT2D eigenvalue weighted by Gasteiger charge is -2.28. The second kappa shape index (κ2) is 3.79. The fraction of sp³-hybridized carbons (Fsp3) is 0.778. The number of hydrogen-bond acceptors (Lipinski definition) is 4. The van der Waals surface area contributed by atoms with Crippen molar-refractivity contribution in [2.45, 2.75) is 38.1 Å². The smallest absolute Gasteiger partial charge is 0.226 e. The average Bonchev–Trinajstić information content (AvgIpc) is 2.67. The van der Waals surface area contributed by atoms with Crippen LogP contribution in [0.2, 0.25) is 0 Å². The molecule has 0 aromatic heterocycles. The van der Waals surface area contributed by atoms with Gasteiger partial charge in [0, 0.05) is 25.7 Å². The summed E-state index contributed by atoms with van der Waals surface area (Å²) in [6.07, 6.45) is -0.233. The van der Waals surface area contributed by atoms with Crippen molar-refractivity contribution in [3.63, 3.8) is 0 Å². The van der Waals surface area contributed by atoms with Crippen LogP contribution in [-0.4, -0.2) is 51.0 Å². The molecule has 2 atom stereocenters. The zero-order valence-corrected chi connectivity index (χ0v) is 8.30. The molecule has 2 aliphatic rings. The normalized spacial score (nSPS) is 31.9. The maximum atomic E-state index is 11.3. The van der Waals surface area contributed by atoms with Crippen LogP contribution in [0.25, 0.3) is 0 Å². The summed E-state index contributed by atoms with van der Waals surface area (Å²) >= 11 is 0. The van der Waals surface area contributed by atoms with Gasteiger partial charge in [-0.15, -0.1) is 0 Å². The summed E-state index contributed by atoms with van der Waals surface area (Å²) in [5.74, 6) is -0.344. The van der Waals surface area contributed by atoms with E-state index in [0.29, 0.717) is 25.7 Å². The molecule has 0 aromatic carbocycles. The van der Waals surface area contributed by atoms with E-state index in [4.69, 9.17) is 0 Å². The van der Waals surface area contributed by atoms with E-state index in [-0.39, 0.29) is 18.5 Å². The molecule has 84 valence electrons. The summed E-state index contributed by atoms with van der Waals surface area (Å²) in [4.78, 5) is 25.1. The molecule has 2 aliphatic heterocycles. The van der Waals surface area contributed by atoms with Gasteiger partial charge in [-0.05, 0) is 0 Å². The number of rotatable bonds is 2. The molecule has 0 saturated carbocycles. The SMILES string of the molecule is O=C1CCC(O)N1CN1C(=O)CCC1O. The van der Waals surface area contributed by atoms with Gasteiger partial charge in [-0.3, -0.25) is 19.4 Å². The number of amides is 2. The van der Waals surface area contributed by atoms with Gasteiger partial charge in [0.1, 0.15) is 19.1 Å². The van der Waals surface area contributed by atoms with Crippen LogP contribution < -0.4 is 0 Å². The molecule has 2 saturated heterocycles. The first-order valence-electron chi connectivity index (χ1n) is 5.04. The summed E-state index contributed by atoms with van der Waals surface area (Å²) in [6, 6.07) is 0. The highest BCUT2D eigenvalue weighted by molar-refractivity contribution is 5.81. The standard InChI is InChI=1S/C9H14N2O4/c12-6-1-2-7(13)10(6)5-11-8(14)3-4-9(11)15/h6,8,12,14H,1-5H2. The van der Waals surface area contributed by atoms with Gasteiger partial charge in [0.05, 0.1) is 0 Å². The van der Waals surface area contributed by atoms with Gasteiger partial charge in [-0.1, -0.05) is 0 Å². The maximum Gasteiger partial charge on any atom is 0.226 e. The molecule has 2 rings (SSSR count). The zero-order valence-electron chi connectivity index (χ0n) is 8.30. The third-order valence-corrected chi connectivity index (χ3v) is 2.90. The van der Waals surface area contributed by atoms with Gasteiger partial charge >= 0.3 is 0 Å². The second-order valence-corrected chi connectivity index (χ2v) is 3.91. The van der Waals surface area contributed by atoms with Crippen LogP contribution in [0.3, 0.4) is 0 Å². The lowest BCUT2D eigenvalue weighted by molar-refractivity contribution is -0.146. The van der Waals surface area contributed by atoms with Crippen LogP contribution in [0.4, 0.5) is 0 Å². The van der Waals surface area contributed by atoms with Crippen molar-refractivity contribution in [2.24, 2.45) is 0 Å². The molecule has 2 fully saturated rings. The van der Waals surface area contributed by atoms with Gasteiger partial charge in [0.25, 0.3) is 0 Å². The van der Waals surface area contributed by atoms with Crippen LogP contribution in [-0.2, 0) is 9.59 Å². The average molecular weight is 214 g/mol. The third-order valence-electron chi connectivity index (χ3n) is 2.90. The topological polar surface area (TPSA) is 81.1 Å². The Labute approximate surface area is 87.1 Å². The molecule has 0 radical (unpaired) electrons. The largest absolute Gasteiger partial charge is 0.373 e.